The van der Waals surface area contributed by atoms with Crippen molar-refractivity contribution < 1.29 is 4.52 Å². The Morgan fingerprint density at radius 3 is 2.44 bits per heavy atom. The average Bonchev–Trinajstić information content (AvgIpc) is 1.68. The van der Waals surface area contributed by atoms with Gasteiger partial charge in [-0.25, -0.2) is 0 Å². The molecule has 0 aromatic heterocycles. The molecular weight excluding hydrogens is 182 g/mol. The van der Waals surface area contributed by atoms with Crippen molar-refractivity contribution in [1.29, 1.82) is 0 Å². The minimum Gasteiger partial charge on any atom is -0.159 e. The Morgan fingerprint density at radius 2 is 2.11 bits per heavy atom. The van der Waals surface area contributed by atoms with Crippen LogP contribution in [-0.2, 0) is 16.3 Å². The monoisotopic (exact) mass is 192 g/mol. The van der Waals surface area contributed by atoms with Gasteiger partial charge in [-0.2, -0.15) is 4.52 Å². The molecule has 0 rings (SSSR count). The van der Waals surface area contributed by atoms with Crippen molar-refractivity contribution in [2.75, 3.05) is 12.4 Å². The van der Waals surface area contributed by atoms with Gasteiger partial charge in [0, 0.05) is 35.3 Å². The van der Waals surface area contributed by atoms with Crippen molar-refractivity contribution >= 4 is 58.9 Å². The fourth-order valence-corrected chi connectivity index (χ4v) is 3.18. The normalized spacial score (nSPS) is 10.2. The molecule has 0 spiro atoms. The minimum atomic E-state index is -0.581. The standard InChI is InChI=1S/C4H10OPS2.Na/c1-3-5-6(7)8-4-2;/h3-4H2,1-2H3;/q+1;. The fourth-order valence-electron chi connectivity index (χ4n) is 0.248. The zero-order valence-corrected chi connectivity index (χ0v) is 10.6. The van der Waals surface area contributed by atoms with Crippen molar-refractivity contribution in [3.8, 4) is 0 Å². The number of rotatable bonds is 4. The summed E-state index contributed by atoms with van der Waals surface area (Å²) in [7, 11) is 0. The Bertz CT molecular complexity index is 73.0. The molecular formula is C4H10NaOPS2+. The smallest absolute Gasteiger partial charge is 0.159 e. The minimum absolute atomic E-state index is 0. The van der Waals surface area contributed by atoms with E-state index in [9.17, 15) is 0 Å². The van der Waals surface area contributed by atoms with Gasteiger partial charge in [-0.3, -0.25) is 0 Å². The first kappa shape index (κ1) is 13.4. The summed E-state index contributed by atoms with van der Waals surface area (Å²) in [6.45, 7) is 4.81. The van der Waals surface area contributed by atoms with Crippen LogP contribution in [0.4, 0.5) is 0 Å². The van der Waals surface area contributed by atoms with Crippen molar-refractivity contribution in [2.24, 2.45) is 0 Å². The summed E-state index contributed by atoms with van der Waals surface area (Å²) in [5, 5.41) is 0. The van der Waals surface area contributed by atoms with Gasteiger partial charge in [0.1, 0.15) is 11.4 Å². The maximum Gasteiger partial charge on any atom is 0.414 e. The summed E-state index contributed by atoms with van der Waals surface area (Å²) in [4.78, 5) is 0. The van der Waals surface area contributed by atoms with Gasteiger partial charge >= 0.3 is 6.13 Å². The average molecular weight is 192 g/mol. The molecule has 1 radical (unpaired) electrons. The molecule has 0 bridgehead atoms. The molecule has 0 heterocycles. The van der Waals surface area contributed by atoms with E-state index < -0.39 is 6.13 Å². The van der Waals surface area contributed by atoms with E-state index in [-0.39, 0.29) is 29.6 Å². The van der Waals surface area contributed by atoms with Crippen molar-refractivity contribution in [2.45, 2.75) is 13.8 Å². The first-order chi connectivity index (χ1) is 3.81. The van der Waals surface area contributed by atoms with Crippen LogP contribution in [0.3, 0.4) is 0 Å². The largest absolute Gasteiger partial charge is 0.414 e. The van der Waals surface area contributed by atoms with E-state index in [1.165, 1.54) is 0 Å². The molecule has 5 heteroatoms. The molecule has 49 valence electrons. The molecule has 0 aromatic rings. The summed E-state index contributed by atoms with van der Waals surface area (Å²) in [6.07, 6.45) is -0.581. The maximum absolute atomic E-state index is 5.12. The zero-order chi connectivity index (χ0) is 6.41. The Balaban J connectivity index is 0. The van der Waals surface area contributed by atoms with Crippen molar-refractivity contribution in [1.82, 2.24) is 0 Å². The van der Waals surface area contributed by atoms with E-state index >= 15 is 0 Å². The summed E-state index contributed by atoms with van der Waals surface area (Å²) in [5.74, 6) is 1.06. The quantitative estimate of drug-likeness (QED) is 0.499. The third-order valence-corrected chi connectivity index (χ3v) is 4.40. The summed E-state index contributed by atoms with van der Waals surface area (Å²) in [6, 6.07) is 0. The topological polar surface area (TPSA) is 9.23 Å². The third kappa shape index (κ3) is 9.83. The van der Waals surface area contributed by atoms with Crippen molar-refractivity contribution in [3.63, 3.8) is 0 Å². The predicted molar refractivity (Wildman–Crippen MR) is 49.8 cm³/mol. The molecule has 9 heavy (non-hydrogen) atoms. The van der Waals surface area contributed by atoms with Gasteiger partial charge in [-0.1, -0.05) is 6.92 Å². The van der Waals surface area contributed by atoms with E-state index in [1.54, 1.807) is 11.4 Å². The summed E-state index contributed by atoms with van der Waals surface area (Å²) in [5.41, 5.74) is 0. The Morgan fingerprint density at radius 1 is 1.56 bits per heavy atom. The summed E-state index contributed by atoms with van der Waals surface area (Å²) < 4.78 is 5.12. The molecule has 1 atom stereocenters. The van der Waals surface area contributed by atoms with Gasteiger partial charge in [0.25, 0.3) is 0 Å². The summed E-state index contributed by atoms with van der Waals surface area (Å²) >= 11 is 6.65. The van der Waals surface area contributed by atoms with Gasteiger partial charge < -0.3 is 0 Å². The molecule has 0 aliphatic heterocycles. The molecule has 0 amide bonds. The van der Waals surface area contributed by atoms with Crippen molar-refractivity contribution in [3.05, 3.63) is 0 Å². The zero-order valence-electron chi connectivity index (χ0n) is 6.09. The first-order valence-corrected chi connectivity index (χ1v) is 6.40. The van der Waals surface area contributed by atoms with Crippen LogP contribution in [-0.4, -0.2) is 41.9 Å². The third-order valence-electron chi connectivity index (χ3n) is 0.469. The maximum atomic E-state index is 5.12. The molecule has 0 N–H and O–H groups in total. The van der Waals surface area contributed by atoms with Crippen LogP contribution < -0.4 is 0 Å². The van der Waals surface area contributed by atoms with Gasteiger partial charge in [-0.05, 0) is 6.92 Å². The second-order valence-electron chi connectivity index (χ2n) is 1.06. The van der Waals surface area contributed by atoms with Crippen LogP contribution in [0.25, 0.3) is 0 Å². The van der Waals surface area contributed by atoms with Crippen LogP contribution in [0, 0.1) is 0 Å². The van der Waals surface area contributed by atoms with Crippen LogP contribution >= 0.6 is 17.5 Å². The number of hydrogen-bond acceptors (Lipinski definition) is 3. The molecule has 1 nitrogen and oxygen atoms in total. The van der Waals surface area contributed by atoms with Crippen LogP contribution in [0.2, 0.25) is 0 Å². The molecule has 0 fully saturated rings. The van der Waals surface area contributed by atoms with E-state index in [0.717, 1.165) is 12.4 Å². The van der Waals surface area contributed by atoms with Gasteiger partial charge in [-0.15, -0.1) is 0 Å². The van der Waals surface area contributed by atoms with E-state index in [2.05, 4.69) is 6.92 Å². The molecule has 0 aliphatic carbocycles. The fraction of sp³-hybridized carbons (Fsp3) is 1.00. The Labute approximate surface area is 88.9 Å². The van der Waals surface area contributed by atoms with Crippen LogP contribution in [0.5, 0.6) is 0 Å². The second kappa shape index (κ2) is 9.83. The Kier molecular flexibility index (Phi) is 14.7. The second-order valence-corrected chi connectivity index (χ2v) is 6.06. The van der Waals surface area contributed by atoms with Crippen LogP contribution in [0.15, 0.2) is 0 Å². The number of hydrogen-bond donors (Lipinski definition) is 0. The van der Waals surface area contributed by atoms with Gasteiger partial charge in [0.2, 0.25) is 11.8 Å². The Hall–Kier alpha value is 1.83. The van der Waals surface area contributed by atoms with Gasteiger partial charge in [0.05, 0.1) is 6.61 Å². The van der Waals surface area contributed by atoms with E-state index in [1.807, 2.05) is 6.92 Å². The SMILES string of the molecule is CCO[P+](=S)SCC.[Na]. The predicted octanol–water partition coefficient (Wildman–Crippen LogP) is 2.17. The molecule has 0 aromatic carbocycles. The molecule has 0 saturated carbocycles. The first-order valence-electron chi connectivity index (χ1n) is 2.54. The molecule has 0 saturated heterocycles. The van der Waals surface area contributed by atoms with E-state index in [0.29, 0.717) is 0 Å². The molecule has 1 unspecified atom stereocenters. The molecule has 0 aliphatic rings. The van der Waals surface area contributed by atoms with Crippen LogP contribution in [0.1, 0.15) is 13.8 Å². The van der Waals surface area contributed by atoms with E-state index in [4.69, 9.17) is 16.3 Å². The van der Waals surface area contributed by atoms with Gasteiger partial charge in [0.15, 0.2) is 0 Å².